The molecular formula is C17H24O5. The van der Waals surface area contributed by atoms with Gasteiger partial charge < -0.3 is 9.47 Å². The molecule has 22 heavy (non-hydrogen) atoms. The molecule has 1 aliphatic rings. The Morgan fingerprint density at radius 1 is 1.27 bits per heavy atom. The lowest BCUT2D eigenvalue weighted by Gasteiger charge is -2.31. The van der Waals surface area contributed by atoms with Gasteiger partial charge in [0.2, 0.25) is 0 Å². The second-order valence-electron chi connectivity index (χ2n) is 5.63. The topological polar surface area (TPSA) is 69.7 Å². The van der Waals surface area contributed by atoms with Crippen LogP contribution >= 0.6 is 0 Å². The minimum atomic E-state index is -0.691. The van der Waals surface area contributed by atoms with Gasteiger partial charge in [0, 0.05) is 17.1 Å². The van der Waals surface area contributed by atoms with Gasteiger partial charge >= 0.3 is 11.9 Å². The maximum absolute atomic E-state index is 12.4. The molecule has 0 spiro atoms. The third-order valence-corrected chi connectivity index (χ3v) is 3.75. The highest BCUT2D eigenvalue weighted by molar-refractivity contribution is 6.02. The number of hydrogen-bond acceptors (Lipinski definition) is 5. The summed E-state index contributed by atoms with van der Waals surface area (Å²) < 4.78 is 9.84. The summed E-state index contributed by atoms with van der Waals surface area (Å²) in [6, 6.07) is 0. The summed E-state index contributed by atoms with van der Waals surface area (Å²) in [6.45, 7) is 7.42. The molecule has 0 saturated carbocycles. The third kappa shape index (κ3) is 4.55. The first-order chi connectivity index (χ1) is 10.3. The molecule has 0 aromatic heterocycles. The third-order valence-electron chi connectivity index (χ3n) is 3.75. The Morgan fingerprint density at radius 2 is 1.91 bits per heavy atom. The van der Waals surface area contributed by atoms with Crippen molar-refractivity contribution < 1.29 is 23.9 Å². The highest BCUT2D eigenvalue weighted by Gasteiger charge is 2.38. The SMILES string of the molecule is CCOC(=O)/C=C(/CC1(C)CCC=C(C)C1=O)C(=O)OCC. The molecule has 1 aliphatic carbocycles. The average molecular weight is 308 g/mol. The predicted octanol–water partition coefficient (Wildman–Crippen LogP) is 2.74. The summed E-state index contributed by atoms with van der Waals surface area (Å²) in [5.74, 6) is -1.15. The van der Waals surface area contributed by atoms with Gasteiger partial charge in [-0.1, -0.05) is 13.0 Å². The summed E-state index contributed by atoms with van der Waals surface area (Å²) in [4.78, 5) is 36.1. The first-order valence-corrected chi connectivity index (χ1v) is 7.60. The molecule has 5 heteroatoms. The second kappa shape index (κ2) is 7.92. The van der Waals surface area contributed by atoms with Gasteiger partial charge in [0.1, 0.15) is 0 Å². The monoisotopic (exact) mass is 308 g/mol. The molecule has 5 nitrogen and oxygen atoms in total. The molecule has 1 unspecified atom stereocenters. The van der Waals surface area contributed by atoms with Crippen LogP contribution in [0, 0.1) is 5.41 Å². The lowest BCUT2D eigenvalue weighted by Crippen LogP contribution is -2.33. The van der Waals surface area contributed by atoms with Crippen LogP contribution in [0.25, 0.3) is 0 Å². The maximum Gasteiger partial charge on any atom is 0.334 e. The molecule has 0 amide bonds. The number of ketones is 1. The van der Waals surface area contributed by atoms with Crippen LogP contribution in [0.2, 0.25) is 0 Å². The van der Waals surface area contributed by atoms with E-state index in [1.165, 1.54) is 0 Å². The van der Waals surface area contributed by atoms with E-state index in [1.807, 2.05) is 13.0 Å². The standard InChI is InChI=1S/C17H24O5/c1-5-21-14(18)10-13(16(20)22-6-2)11-17(4)9-7-8-12(3)15(17)19/h8,10H,5-7,9,11H2,1-4H3/b13-10-. The van der Waals surface area contributed by atoms with Crippen LogP contribution in [0.1, 0.15) is 47.0 Å². The molecule has 0 radical (unpaired) electrons. The van der Waals surface area contributed by atoms with E-state index in [-0.39, 0.29) is 31.0 Å². The lowest BCUT2D eigenvalue weighted by atomic mass is 9.71. The summed E-state index contributed by atoms with van der Waals surface area (Å²) >= 11 is 0. The molecule has 0 aromatic carbocycles. The van der Waals surface area contributed by atoms with Crippen molar-refractivity contribution in [1.29, 1.82) is 0 Å². The van der Waals surface area contributed by atoms with Crippen LogP contribution in [0.15, 0.2) is 23.3 Å². The van der Waals surface area contributed by atoms with Gasteiger partial charge in [0.15, 0.2) is 5.78 Å². The predicted molar refractivity (Wildman–Crippen MR) is 82.1 cm³/mol. The minimum absolute atomic E-state index is 0.0119. The van der Waals surface area contributed by atoms with Gasteiger partial charge in [-0.05, 0) is 45.6 Å². The Morgan fingerprint density at radius 3 is 2.50 bits per heavy atom. The molecule has 0 fully saturated rings. The fourth-order valence-electron chi connectivity index (χ4n) is 2.61. The van der Waals surface area contributed by atoms with Gasteiger partial charge in [-0.3, -0.25) is 4.79 Å². The number of carbonyl (C=O) groups is 3. The van der Waals surface area contributed by atoms with E-state index in [4.69, 9.17) is 9.47 Å². The van der Waals surface area contributed by atoms with E-state index in [9.17, 15) is 14.4 Å². The number of carbonyl (C=O) groups excluding carboxylic acids is 3. The van der Waals surface area contributed by atoms with Gasteiger partial charge in [0.25, 0.3) is 0 Å². The Bertz CT molecular complexity index is 515. The Kier molecular flexibility index (Phi) is 6.53. The fourth-order valence-corrected chi connectivity index (χ4v) is 2.61. The van der Waals surface area contributed by atoms with Crippen molar-refractivity contribution in [2.75, 3.05) is 13.2 Å². The summed E-state index contributed by atoms with van der Waals surface area (Å²) in [6.07, 6.45) is 4.65. The van der Waals surface area contributed by atoms with E-state index in [2.05, 4.69) is 0 Å². The molecule has 0 N–H and O–H groups in total. The molecule has 1 rings (SSSR count). The lowest BCUT2D eigenvalue weighted by molar-refractivity contribution is -0.141. The first kappa shape index (κ1) is 18.1. The molecule has 0 heterocycles. The normalized spacial score (nSPS) is 22.1. The zero-order valence-corrected chi connectivity index (χ0v) is 13.7. The van der Waals surface area contributed by atoms with Crippen molar-refractivity contribution >= 4 is 17.7 Å². The highest BCUT2D eigenvalue weighted by Crippen LogP contribution is 2.38. The van der Waals surface area contributed by atoms with Crippen molar-refractivity contribution in [3.05, 3.63) is 23.3 Å². The van der Waals surface area contributed by atoms with Gasteiger partial charge in [-0.25, -0.2) is 9.59 Å². The molecular weight excluding hydrogens is 284 g/mol. The van der Waals surface area contributed by atoms with Crippen LogP contribution in [-0.4, -0.2) is 30.9 Å². The van der Waals surface area contributed by atoms with Crippen LogP contribution in [0.5, 0.6) is 0 Å². The van der Waals surface area contributed by atoms with Crippen LogP contribution < -0.4 is 0 Å². The quantitative estimate of drug-likeness (QED) is 0.557. The summed E-state index contributed by atoms with van der Waals surface area (Å²) in [7, 11) is 0. The van der Waals surface area contributed by atoms with E-state index in [0.29, 0.717) is 12.0 Å². The minimum Gasteiger partial charge on any atom is -0.463 e. The Hall–Kier alpha value is -1.91. The van der Waals surface area contributed by atoms with E-state index >= 15 is 0 Å². The number of ether oxygens (including phenoxy) is 2. The second-order valence-corrected chi connectivity index (χ2v) is 5.63. The van der Waals surface area contributed by atoms with Crippen molar-refractivity contribution in [2.45, 2.75) is 47.0 Å². The number of esters is 2. The zero-order valence-electron chi connectivity index (χ0n) is 13.7. The molecule has 0 saturated heterocycles. The van der Waals surface area contributed by atoms with E-state index < -0.39 is 17.4 Å². The van der Waals surface area contributed by atoms with Gasteiger partial charge in [-0.15, -0.1) is 0 Å². The van der Waals surface area contributed by atoms with E-state index in [0.717, 1.165) is 12.5 Å². The van der Waals surface area contributed by atoms with Crippen molar-refractivity contribution in [3.8, 4) is 0 Å². The summed E-state index contributed by atoms with van der Waals surface area (Å²) in [5, 5.41) is 0. The number of rotatable bonds is 6. The summed E-state index contributed by atoms with van der Waals surface area (Å²) in [5.41, 5.74) is 0.197. The maximum atomic E-state index is 12.4. The molecule has 0 aliphatic heterocycles. The average Bonchev–Trinajstić information content (AvgIpc) is 2.44. The molecule has 1 atom stereocenters. The molecule has 122 valence electrons. The molecule has 0 aromatic rings. The zero-order chi connectivity index (χ0) is 16.8. The van der Waals surface area contributed by atoms with Crippen LogP contribution in [0.3, 0.4) is 0 Å². The van der Waals surface area contributed by atoms with Crippen molar-refractivity contribution in [2.24, 2.45) is 5.41 Å². The number of allylic oxidation sites excluding steroid dienone is 2. The van der Waals surface area contributed by atoms with Gasteiger partial charge in [-0.2, -0.15) is 0 Å². The fraction of sp³-hybridized carbons (Fsp3) is 0.588. The van der Waals surface area contributed by atoms with Crippen LogP contribution in [0.4, 0.5) is 0 Å². The Labute approximate surface area is 131 Å². The largest absolute Gasteiger partial charge is 0.463 e. The van der Waals surface area contributed by atoms with Crippen molar-refractivity contribution in [3.63, 3.8) is 0 Å². The van der Waals surface area contributed by atoms with E-state index in [1.54, 1.807) is 20.8 Å². The smallest absolute Gasteiger partial charge is 0.334 e. The number of Topliss-reactive ketones (excluding diaryl/α,β-unsaturated/α-hetero) is 1. The highest BCUT2D eigenvalue weighted by atomic mass is 16.5. The Balaban J connectivity index is 3.02. The first-order valence-electron chi connectivity index (χ1n) is 7.60. The van der Waals surface area contributed by atoms with Gasteiger partial charge in [0.05, 0.1) is 13.2 Å². The van der Waals surface area contributed by atoms with Crippen molar-refractivity contribution in [1.82, 2.24) is 0 Å². The molecule has 0 bridgehead atoms. The van der Waals surface area contributed by atoms with Crippen LogP contribution in [-0.2, 0) is 23.9 Å². The number of hydrogen-bond donors (Lipinski definition) is 0.